The van der Waals surface area contributed by atoms with Crippen molar-refractivity contribution in [3.05, 3.63) is 112 Å². The van der Waals surface area contributed by atoms with E-state index in [9.17, 15) is 28.4 Å². The molecule has 1 atom stereocenters. The predicted octanol–water partition coefficient (Wildman–Crippen LogP) is 10.0. The number of ether oxygens (including phenoxy) is 1. The van der Waals surface area contributed by atoms with Gasteiger partial charge >= 0.3 is 0 Å². The van der Waals surface area contributed by atoms with Gasteiger partial charge in [0.25, 0.3) is 21.6 Å². The fourth-order valence-electron chi connectivity index (χ4n) is 11.6. The maximum absolute atomic E-state index is 14.1. The van der Waals surface area contributed by atoms with Crippen molar-refractivity contribution >= 4 is 44.0 Å². The Morgan fingerprint density at radius 2 is 1.73 bits per heavy atom. The first-order chi connectivity index (χ1) is 33.2. The molecule has 2 aromatic heterocycles. The van der Waals surface area contributed by atoms with Crippen molar-refractivity contribution in [1.29, 1.82) is 0 Å². The van der Waals surface area contributed by atoms with Gasteiger partial charge in [0, 0.05) is 87.3 Å². The summed E-state index contributed by atoms with van der Waals surface area (Å²) in [4.78, 5) is 40.6. The summed E-state index contributed by atoms with van der Waals surface area (Å²) in [7, 11) is -4.58. The van der Waals surface area contributed by atoms with Gasteiger partial charge in [-0.2, -0.15) is 0 Å². The van der Waals surface area contributed by atoms with E-state index in [4.69, 9.17) is 4.74 Å². The Kier molecular flexibility index (Phi) is 13.8. The molecule has 1 unspecified atom stereocenters. The minimum atomic E-state index is -4.58. The molecule has 2 aliphatic carbocycles. The van der Waals surface area contributed by atoms with E-state index in [2.05, 4.69) is 93.6 Å². The molecule has 2 aliphatic heterocycles. The number of hydrogen-bond acceptors (Lipinski definition) is 12. The molecule has 9 rings (SSSR count). The van der Waals surface area contributed by atoms with Gasteiger partial charge in [0.05, 0.1) is 27.2 Å². The predicted molar refractivity (Wildman–Crippen MR) is 274 cm³/mol. The van der Waals surface area contributed by atoms with Gasteiger partial charge in [-0.15, -0.1) is 0 Å². The summed E-state index contributed by atoms with van der Waals surface area (Å²) < 4.78 is 36.2. The number of carbonyl (C=O) groups excluding carboxylic acids is 1. The minimum absolute atomic E-state index is 0.0211. The zero-order valence-corrected chi connectivity index (χ0v) is 42.4. The van der Waals surface area contributed by atoms with Crippen molar-refractivity contribution in [3.8, 4) is 11.5 Å². The molecule has 16 heteroatoms. The number of nitro groups is 1. The third-order valence-corrected chi connectivity index (χ3v) is 16.8. The Morgan fingerprint density at radius 3 is 2.44 bits per heavy atom. The number of rotatable bonds is 14. The third kappa shape index (κ3) is 11.0. The van der Waals surface area contributed by atoms with Crippen LogP contribution in [0.2, 0.25) is 0 Å². The molecule has 1 spiro atoms. The standard InChI is InChI=1S/C54H70N8O7S/c1-36(2)43-9-7-8-10-44(43)48-34-59(35-52(3,4)5)25-26-61(48)40-30-54(31-40)20-23-60(24-21-54)39-11-13-45(49(28-39)69-41-27-38-17-22-55-50(38)57-33-41)51(63)58-70(67,68)42-12-14-46(47(29-42)62(65)66)56-32-37-15-18-53(6,64)19-16-37/h7-14,17,22,27-29,33,36-37,40,48,56,64H,15-16,18-21,23-26,30-32,34-35H2,1-6H3,(H,55,57)(H,58,63). The average molecular weight is 975 g/mol. The number of anilines is 2. The Bertz CT molecular complexity index is 2810. The number of aromatic nitrogens is 2. The number of carbonyl (C=O) groups is 1. The first kappa shape index (κ1) is 49.4. The van der Waals surface area contributed by atoms with Crippen LogP contribution in [0.1, 0.15) is 126 Å². The van der Waals surface area contributed by atoms with Crippen molar-refractivity contribution in [2.75, 3.05) is 56.0 Å². The maximum Gasteiger partial charge on any atom is 0.293 e. The number of fused-ring (bicyclic) bond motifs is 1. The fraction of sp³-hybridized carbons (Fsp3) is 0.519. The van der Waals surface area contributed by atoms with Crippen molar-refractivity contribution in [1.82, 2.24) is 24.5 Å². The molecule has 15 nitrogen and oxygen atoms in total. The van der Waals surface area contributed by atoms with Crippen LogP contribution in [0, 0.1) is 26.9 Å². The van der Waals surface area contributed by atoms with Crippen LogP contribution in [0.15, 0.2) is 90.1 Å². The van der Waals surface area contributed by atoms with Gasteiger partial charge < -0.3 is 25.0 Å². The molecule has 2 saturated heterocycles. The molecule has 3 aromatic carbocycles. The normalized spacial score (nSPS) is 22.5. The first-order valence-electron chi connectivity index (χ1n) is 25.1. The van der Waals surface area contributed by atoms with Crippen LogP contribution in [0.3, 0.4) is 0 Å². The largest absolute Gasteiger partial charge is 0.455 e. The number of piperazine rings is 1. The monoisotopic (exact) mass is 975 g/mol. The quantitative estimate of drug-likeness (QED) is 0.0611. The van der Waals surface area contributed by atoms with Crippen LogP contribution in [-0.4, -0.2) is 102 Å². The zero-order chi connectivity index (χ0) is 49.6. The number of piperidine rings is 1. The summed E-state index contributed by atoms with van der Waals surface area (Å²) in [6.07, 6.45) is 10.5. The molecule has 374 valence electrons. The highest BCUT2D eigenvalue weighted by Crippen LogP contribution is 2.53. The second-order valence-corrected chi connectivity index (χ2v) is 24.1. The number of nitrogens with one attached hydrogen (secondary N) is 3. The number of nitrogens with zero attached hydrogens (tertiary/aromatic N) is 5. The highest BCUT2D eigenvalue weighted by atomic mass is 32.2. The van der Waals surface area contributed by atoms with Gasteiger partial charge in [-0.3, -0.25) is 24.7 Å². The maximum atomic E-state index is 14.1. The zero-order valence-electron chi connectivity index (χ0n) is 41.5. The number of aliphatic hydroxyl groups is 1. The molecule has 4 aliphatic rings. The van der Waals surface area contributed by atoms with E-state index in [1.54, 1.807) is 30.6 Å². The molecule has 0 radical (unpaired) electrons. The molecule has 4 heterocycles. The molecule has 5 aromatic rings. The van der Waals surface area contributed by atoms with E-state index in [-0.39, 0.29) is 33.7 Å². The van der Waals surface area contributed by atoms with Crippen molar-refractivity contribution in [2.45, 2.75) is 121 Å². The van der Waals surface area contributed by atoms with Gasteiger partial charge in [0.1, 0.15) is 22.8 Å². The van der Waals surface area contributed by atoms with Gasteiger partial charge in [-0.1, -0.05) is 58.9 Å². The van der Waals surface area contributed by atoms with E-state index in [0.717, 1.165) is 82.1 Å². The van der Waals surface area contributed by atoms with Gasteiger partial charge in [0.2, 0.25) is 0 Å². The van der Waals surface area contributed by atoms with Crippen LogP contribution in [0.25, 0.3) is 11.0 Å². The van der Waals surface area contributed by atoms with Gasteiger partial charge in [-0.25, -0.2) is 18.1 Å². The third-order valence-electron chi connectivity index (χ3n) is 15.5. The Balaban J connectivity index is 0.898. The number of pyridine rings is 1. The number of H-pyrrole nitrogens is 1. The van der Waals surface area contributed by atoms with Crippen LogP contribution >= 0.6 is 0 Å². The van der Waals surface area contributed by atoms with Crippen molar-refractivity contribution in [2.24, 2.45) is 16.7 Å². The smallest absolute Gasteiger partial charge is 0.293 e. The van der Waals surface area contributed by atoms with E-state index >= 15 is 0 Å². The lowest BCUT2D eigenvalue weighted by atomic mass is 9.59. The van der Waals surface area contributed by atoms with Crippen LogP contribution in [0.4, 0.5) is 17.1 Å². The van der Waals surface area contributed by atoms with Gasteiger partial charge in [-0.05, 0) is 128 Å². The van der Waals surface area contributed by atoms with E-state index < -0.39 is 37.0 Å². The molecule has 1 amide bonds. The molecule has 4 N–H and O–H groups in total. The van der Waals surface area contributed by atoms with Gasteiger partial charge in [0.15, 0.2) is 0 Å². The number of amides is 1. The number of nitro benzene ring substituents is 1. The highest BCUT2D eigenvalue weighted by Gasteiger charge is 2.50. The van der Waals surface area contributed by atoms with Crippen molar-refractivity contribution < 1.29 is 28.0 Å². The lowest BCUT2D eigenvalue weighted by molar-refractivity contribution is -0.384. The fourth-order valence-corrected chi connectivity index (χ4v) is 12.6. The Morgan fingerprint density at radius 1 is 0.986 bits per heavy atom. The molecule has 70 heavy (non-hydrogen) atoms. The van der Waals surface area contributed by atoms with Crippen LogP contribution in [-0.2, 0) is 10.0 Å². The van der Waals surface area contributed by atoms with Crippen molar-refractivity contribution in [3.63, 3.8) is 0 Å². The number of aromatic amines is 1. The molecular weight excluding hydrogens is 905 g/mol. The summed E-state index contributed by atoms with van der Waals surface area (Å²) in [5.41, 5.74) is 3.95. The molecule has 0 bridgehead atoms. The molecule has 2 saturated carbocycles. The number of sulfonamides is 1. The van der Waals surface area contributed by atoms with E-state index in [0.29, 0.717) is 48.8 Å². The lowest BCUT2D eigenvalue weighted by Gasteiger charge is -2.58. The number of benzene rings is 3. The summed E-state index contributed by atoms with van der Waals surface area (Å²) in [5.74, 6) is 0.229. The van der Waals surface area contributed by atoms with Crippen LogP contribution in [0.5, 0.6) is 11.5 Å². The lowest BCUT2D eigenvalue weighted by Crippen LogP contribution is -2.60. The minimum Gasteiger partial charge on any atom is -0.455 e. The Labute approximate surface area is 412 Å². The highest BCUT2D eigenvalue weighted by molar-refractivity contribution is 7.90. The first-order valence-corrected chi connectivity index (χ1v) is 26.6. The SMILES string of the molecule is CC(C)c1ccccc1C1CN(CC(C)(C)C)CCN1C1CC2(CCN(c3ccc(C(=O)NS(=O)(=O)c4ccc(NCC5CCC(C)(O)CC5)c([N+](=O)[O-])c4)c(Oc4cnc5[nH]ccc5c4)c3)CC2)C1. The summed E-state index contributed by atoms with van der Waals surface area (Å²) in [6.45, 7) is 19.8. The molecule has 4 fully saturated rings. The van der Waals surface area contributed by atoms with Crippen LogP contribution < -0.4 is 19.7 Å². The molecular formula is C54H70N8O7S. The second kappa shape index (κ2) is 19.6. The second-order valence-electron chi connectivity index (χ2n) is 22.4. The summed E-state index contributed by atoms with van der Waals surface area (Å²) in [6, 6.07) is 22.4. The average Bonchev–Trinajstić information content (AvgIpc) is 3.78. The number of hydrogen-bond donors (Lipinski definition) is 4. The van der Waals surface area contributed by atoms with E-state index in [1.165, 1.54) is 36.1 Å². The summed E-state index contributed by atoms with van der Waals surface area (Å²) in [5, 5.41) is 26.5. The summed E-state index contributed by atoms with van der Waals surface area (Å²) >= 11 is 0. The Hall–Kier alpha value is -5.55. The van der Waals surface area contributed by atoms with E-state index in [1.807, 2.05) is 19.1 Å². The topological polar surface area (TPSA) is 186 Å².